The van der Waals surface area contributed by atoms with Crippen molar-refractivity contribution in [1.29, 1.82) is 5.26 Å². The van der Waals surface area contributed by atoms with Gasteiger partial charge in [0.05, 0.1) is 11.6 Å². The second kappa shape index (κ2) is 5.55. The molecule has 0 N–H and O–H groups in total. The van der Waals surface area contributed by atoms with Gasteiger partial charge in [-0.2, -0.15) is 5.26 Å². The van der Waals surface area contributed by atoms with Gasteiger partial charge in [-0.1, -0.05) is 11.6 Å². The molecule has 0 saturated heterocycles. The maximum absolute atomic E-state index is 12.2. The molecule has 0 aliphatic heterocycles. The van der Waals surface area contributed by atoms with Crippen molar-refractivity contribution in [3.05, 3.63) is 64.4 Å². The Morgan fingerprint density at radius 2 is 1.95 bits per heavy atom. The highest BCUT2D eigenvalue weighted by molar-refractivity contribution is 6.31. The molecule has 0 radical (unpaired) electrons. The van der Waals surface area contributed by atoms with Crippen molar-refractivity contribution in [2.75, 3.05) is 0 Å². The molecular formula is C17H10ClNO3. The Bertz CT molecular complexity index is 904. The number of nitrogens with zero attached hydrogens (tertiary/aromatic N) is 1. The molecule has 3 rings (SSSR count). The van der Waals surface area contributed by atoms with E-state index >= 15 is 0 Å². The summed E-state index contributed by atoms with van der Waals surface area (Å²) >= 11 is 5.95. The molecule has 4 nitrogen and oxygen atoms in total. The second-order valence-electron chi connectivity index (χ2n) is 4.72. The first-order valence-corrected chi connectivity index (χ1v) is 6.87. The normalized spacial score (nSPS) is 10.4. The molecule has 108 valence electrons. The van der Waals surface area contributed by atoms with Crippen LogP contribution in [0.2, 0.25) is 5.02 Å². The highest BCUT2D eigenvalue weighted by Gasteiger charge is 2.19. The lowest BCUT2D eigenvalue weighted by atomic mass is 10.1. The van der Waals surface area contributed by atoms with Gasteiger partial charge in [-0.05, 0) is 49.4 Å². The van der Waals surface area contributed by atoms with E-state index in [4.69, 9.17) is 26.0 Å². The number of esters is 1. The summed E-state index contributed by atoms with van der Waals surface area (Å²) in [4.78, 5) is 12.2. The third-order valence-electron chi connectivity index (χ3n) is 3.28. The van der Waals surface area contributed by atoms with Crippen molar-refractivity contribution < 1.29 is 13.9 Å². The predicted molar refractivity (Wildman–Crippen MR) is 82.1 cm³/mol. The summed E-state index contributed by atoms with van der Waals surface area (Å²) in [5.41, 5.74) is 1.75. The molecule has 0 fully saturated rings. The number of ether oxygens (including phenoxy) is 1. The molecular weight excluding hydrogens is 302 g/mol. The number of carbonyl (C=O) groups is 1. The van der Waals surface area contributed by atoms with Crippen molar-refractivity contribution in [3.63, 3.8) is 0 Å². The van der Waals surface area contributed by atoms with Crippen molar-refractivity contribution >= 4 is 28.5 Å². The predicted octanol–water partition coefficient (Wildman–Crippen LogP) is 4.49. The van der Waals surface area contributed by atoms with Gasteiger partial charge in [0.25, 0.3) is 0 Å². The third-order valence-corrected chi connectivity index (χ3v) is 3.51. The zero-order valence-electron chi connectivity index (χ0n) is 11.6. The van der Waals surface area contributed by atoms with Crippen LogP contribution in [0.4, 0.5) is 0 Å². The molecule has 0 unspecified atom stereocenters. The number of nitriles is 1. The van der Waals surface area contributed by atoms with E-state index in [1.807, 2.05) is 6.07 Å². The molecule has 1 aromatic heterocycles. The SMILES string of the molecule is Cc1c(C(=O)Oc2ccc(C#N)cc2)oc2ccc(Cl)cc12. The van der Waals surface area contributed by atoms with E-state index in [2.05, 4.69) is 0 Å². The Balaban J connectivity index is 1.91. The molecule has 0 spiro atoms. The summed E-state index contributed by atoms with van der Waals surface area (Å²) in [6.45, 7) is 1.78. The van der Waals surface area contributed by atoms with E-state index < -0.39 is 5.97 Å². The van der Waals surface area contributed by atoms with E-state index in [-0.39, 0.29) is 5.76 Å². The summed E-state index contributed by atoms with van der Waals surface area (Å²) in [6.07, 6.45) is 0. The van der Waals surface area contributed by atoms with Crippen LogP contribution in [-0.4, -0.2) is 5.97 Å². The first-order chi connectivity index (χ1) is 10.6. The highest BCUT2D eigenvalue weighted by Crippen LogP contribution is 2.28. The lowest BCUT2D eigenvalue weighted by Crippen LogP contribution is -2.08. The summed E-state index contributed by atoms with van der Waals surface area (Å²) in [7, 11) is 0. The number of carbonyl (C=O) groups excluding carboxylic acids is 1. The monoisotopic (exact) mass is 311 g/mol. The van der Waals surface area contributed by atoms with Gasteiger partial charge >= 0.3 is 5.97 Å². The number of furan rings is 1. The number of aryl methyl sites for hydroxylation is 1. The number of benzene rings is 2. The highest BCUT2D eigenvalue weighted by atomic mass is 35.5. The zero-order chi connectivity index (χ0) is 15.7. The topological polar surface area (TPSA) is 63.2 Å². The van der Waals surface area contributed by atoms with Crippen molar-refractivity contribution in [2.24, 2.45) is 0 Å². The minimum absolute atomic E-state index is 0.140. The van der Waals surface area contributed by atoms with Gasteiger partial charge in [0, 0.05) is 16.0 Å². The fourth-order valence-corrected chi connectivity index (χ4v) is 2.31. The molecule has 1 heterocycles. The van der Waals surface area contributed by atoms with Crippen LogP contribution in [-0.2, 0) is 0 Å². The van der Waals surface area contributed by atoms with E-state index in [0.29, 0.717) is 27.5 Å². The van der Waals surface area contributed by atoms with Crippen molar-refractivity contribution in [3.8, 4) is 11.8 Å². The van der Waals surface area contributed by atoms with Crippen LogP contribution >= 0.6 is 11.6 Å². The van der Waals surface area contributed by atoms with E-state index in [0.717, 1.165) is 5.39 Å². The molecule has 5 heteroatoms. The smallest absolute Gasteiger partial charge is 0.379 e. The van der Waals surface area contributed by atoms with Crippen molar-refractivity contribution in [1.82, 2.24) is 0 Å². The fraction of sp³-hybridized carbons (Fsp3) is 0.0588. The fourth-order valence-electron chi connectivity index (χ4n) is 2.14. The zero-order valence-corrected chi connectivity index (χ0v) is 12.3. The van der Waals surface area contributed by atoms with Gasteiger partial charge < -0.3 is 9.15 Å². The van der Waals surface area contributed by atoms with E-state index in [1.54, 1.807) is 49.4 Å². The Hall–Kier alpha value is -2.77. The van der Waals surface area contributed by atoms with Crippen LogP contribution in [0.15, 0.2) is 46.9 Å². The second-order valence-corrected chi connectivity index (χ2v) is 5.16. The maximum Gasteiger partial charge on any atom is 0.379 e. The molecule has 0 bridgehead atoms. The van der Waals surface area contributed by atoms with Gasteiger partial charge in [-0.25, -0.2) is 4.79 Å². The molecule has 22 heavy (non-hydrogen) atoms. The van der Waals surface area contributed by atoms with Crippen LogP contribution in [0.1, 0.15) is 21.7 Å². The third kappa shape index (κ3) is 2.54. The lowest BCUT2D eigenvalue weighted by Gasteiger charge is -2.02. The first kappa shape index (κ1) is 14.2. The standard InChI is InChI=1S/C17H10ClNO3/c1-10-14-8-12(18)4-7-15(14)22-16(10)17(20)21-13-5-2-11(9-19)3-6-13/h2-8H,1H3. The summed E-state index contributed by atoms with van der Waals surface area (Å²) in [5.74, 6) is -0.0990. The van der Waals surface area contributed by atoms with Gasteiger partial charge in [-0.15, -0.1) is 0 Å². The number of hydrogen-bond donors (Lipinski definition) is 0. The van der Waals surface area contributed by atoms with Crippen LogP contribution in [0.3, 0.4) is 0 Å². The number of hydrogen-bond acceptors (Lipinski definition) is 4. The van der Waals surface area contributed by atoms with Crippen molar-refractivity contribution in [2.45, 2.75) is 6.92 Å². The number of halogens is 1. The van der Waals surface area contributed by atoms with Crippen LogP contribution in [0, 0.1) is 18.3 Å². The van der Waals surface area contributed by atoms with Gasteiger partial charge in [-0.3, -0.25) is 0 Å². The van der Waals surface area contributed by atoms with Gasteiger partial charge in [0.2, 0.25) is 5.76 Å². The largest absolute Gasteiger partial charge is 0.449 e. The Morgan fingerprint density at radius 1 is 1.23 bits per heavy atom. The minimum Gasteiger partial charge on any atom is -0.449 e. The maximum atomic E-state index is 12.2. The Labute approximate surface area is 131 Å². The Morgan fingerprint density at radius 3 is 2.64 bits per heavy atom. The molecule has 3 aromatic rings. The molecule has 0 saturated carbocycles. The van der Waals surface area contributed by atoms with E-state index in [1.165, 1.54) is 0 Å². The Kier molecular flexibility index (Phi) is 3.58. The number of rotatable bonds is 2. The summed E-state index contributed by atoms with van der Waals surface area (Å²) in [6, 6.07) is 13.4. The molecule has 0 aliphatic rings. The van der Waals surface area contributed by atoms with Crippen LogP contribution in [0.5, 0.6) is 5.75 Å². The number of fused-ring (bicyclic) bond motifs is 1. The summed E-state index contributed by atoms with van der Waals surface area (Å²) in [5, 5.41) is 10.1. The quantitative estimate of drug-likeness (QED) is 0.517. The van der Waals surface area contributed by atoms with Crippen LogP contribution in [0.25, 0.3) is 11.0 Å². The van der Waals surface area contributed by atoms with Gasteiger partial charge in [0.15, 0.2) is 0 Å². The molecule has 0 aliphatic carbocycles. The molecule has 2 aromatic carbocycles. The lowest BCUT2D eigenvalue weighted by molar-refractivity contribution is 0.0703. The van der Waals surface area contributed by atoms with Gasteiger partial charge in [0.1, 0.15) is 11.3 Å². The molecule has 0 atom stereocenters. The summed E-state index contributed by atoms with van der Waals surface area (Å²) < 4.78 is 10.8. The average Bonchev–Trinajstić information content (AvgIpc) is 2.85. The molecule has 0 amide bonds. The van der Waals surface area contributed by atoms with Crippen LogP contribution < -0.4 is 4.74 Å². The first-order valence-electron chi connectivity index (χ1n) is 6.49. The van der Waals surface area contributed by atoms with E-state index in [9.17, 15) is 4.79 Å². The average molecular weight is 312 g/mol. The minimum atomic E-state index is -0.588.